The normalized spacial score (nSPS) is 10.4. The van der Waals surface area contributed by atoms with E-state index in [9.17, 15) is 9.18 Å². The Kier molecular flexibility index (Phi) is 3.86. The van der Waals surface area contributed by atoms with Crippen LogP contribution in [0.5, 0.6) is 0 Å². The van der Waals surface area contributed by atoms with Crippen molar-refractivity contribution in [2.24, 2.45) is 0 Å². The molecule has 0 saturated carbocycles. The summed E-state index contributed by atoms with van der Waals surface area (Å²) >= 11 is 0. The fourth-order valence-corrected chi connectivity index (χ4v) is 1.87. The molecule has 0 fully saturated rings. The number of aromatic nitrogens is 4. The zero-order valence-electron chi connectivity index (χ0n) is 11.5. The van der Waals surface area contributed by atoms with Gasteiger partial charge in [0.25, 0.3) is 5.91 Å². The van der Waals surface area contributed by atoms with Gasteiger partial charge in [-0.25, -0.2) is 19.0 Å². The van der Waals surface area contributed by atoms with E-state index in [4.69, 9.17) is 0 Å². The molecule has 1 amide bonds. The van der Waals surface area contributed by atoms with Crippen molar-refractivity contribution in [1.82, 2.24) is 25.1 Å². The van der Waals surface area contributed by atoms with Crippen LogP contribution in [-0.4, -0.2) is 25.7 Å². The quantitative estimate of drug-likeness (QED) is 0.796. The molecule has 0 bridgehead atoms. The van der Waals surface area contributed by atoms with Crippen LogP contribution in [0.4, 0.5) is 4.39 Å². The highest BCUT2D eigenvalue weighted by Crippen LogP contribution is 2.05. The Hall–Kier alpha value is -3.09. The number of rotatable bonds is 4. The number of carbonyl (C=O) groups excluding carboxylic acids is 1. The summed E-state index contributed by atoms with van der Waals surface area (Å²) in [6.45, 7) is 0.334. The van der Waals surface area contributed by atoms with E-state index in [1.807, 2.05) is 6.07 Å². The maximum atomic E-state index is 12.8. The molecule has 22 heavy (non-hydrogen) atoms. The minimum absolute atomic E-state index is 0.264. The second kappa shape index (κ2) is 6.13. The number of carbonyl (C=O) groups is 1. The Labute approximate surface area is 125 Å². The van der Waals surface area contributed by atoms with E-state index in [0.29, 0.717) is 17.9 Å². The number of pyridine rings is 1. The van der Waals surface area contributed by atoms with Crippen LogP contribution in [-0.2, 0) is 6.54 Å². The van der Waals surface area contributed by atoms with Crippen LogP contribution in [0.25, 0.3) is 5.82 Å². The van der Waals surface area contributed by atoms with Crippen molar-refractivity contribution in [1.29, 1.82) is 0 Å². The summed E-state index contributed by atoms with van der Waals surface area (Å²) in [4.78, 5) is 20.0. The number of nitrogens with zero attached hydrogens (tertiary/aromatic N) is 4. The van der Waals surface area contributed by atoms with E-state index in [0.717, 1.165) is 5.56 Å². The molecule has 110 valence electrons. The number of halogens is 1. The highest BCUT2D eigenvalue weighted by Gasteiger charge is 2.05. The van der Waals surface area contributed by atoms with Gasteiger partial charge in [-0.2, -0.15) is 5.10 Å². The highest BCUT2D eigenvalue weighted by atomic mass is 19.1. The molecule has 0 saturated heterocycles. The molecule has 0 aliphatic rings. The molecule has 0 unspecified atom stereocenters. The Balaban J connectivity index is 1.61. The largest absolute Gasteiger partial charge is 0.348 e. The summed E-state index contributed by atoms with van der Waals surface area (Å²) in [6.07, 6.45) is 4.64. The fraction of sp³-hybridized carbons (Fsp3) is 0.0667. The van der Waals surface area contributed by atoms with Crippen molar-refractivity contribution in [3.8, 4) is 5.82 Å². The van der Waals surface area contributed by atoms with E-state index >= 15 is 0 Å². The van der Waals surface area contributed by atoms with Crippen molar-refractivity contribution < 1.29 is 9.18 Å². The van der Waals surface area contributed by atoms with Crippen LogP contribution in [0, 0.1) is 5.82 Å². The molecule has 3 aromatic rings. The fourth-order valence-electron chi connectivity index (χ4n) is 1.87. The lowest BCUT2D eigenvalue weighted by Crippen LogP contribution is -2.22. The van der Waals surface area contributed by atoms with Gasteiger partial charge < -0.3 is 5.32 Å². The van der Waals surface area contributed by atoms with Gasteiger partial charge in [0, 0.05) is 18.3 Å². The first kappa shape index (κ1) is 13.9. The monoisotopic (exact) mass is 297 g/mol. The molecule has 0 radical (unpaired) electrons. The first-order chi connectivity index (χ1) is 10.7. The third-order valence-corrected chi connectivity index (χ3v) is 3.02. The molecule has 0 aliphatic heterocycles. The van der Waals surface area contributed by atoms with Crippen molar-refractivity contribution in [2.45, 2.75) is 6.54 Å². The van der Waals surface area contributed by atoms with E-state index in [1.165, 1.54) is 30.6 Å². The zero-order chi connectivity index (χ0) is 15.4. The van der Waals surface area contributed by atoms with Gasteiger partial charge >= 0.3 is 0 Å². The number of nitrogens with one attached hydrogen (secondary N) is 1. The summed E-state index contributed by atoms with van der Waals surface area (Å²) in [5, 5.41) is 6.73. The van der Waals surface area contributed by atoms with Crippen LogP contribution in [0.2, 0.25) is 0 Å². The summed E-state index contributed by atoms with van der Waals surface area (Å²) in [7, 11) is 0. The van der Waals surface area contributed by atoms with Gasteiger partial charge in [0.1, 0.15) is 18.5 Å². The van der Waals surface area contributed by atoms with Crippen molar-refractivity contribution in [3.63, 3.8) is 0 Å². The number of benzene rings is 1. The molecule has 2 aromatic heterocycles. The molecule has 7 heteroatoms. The van der Waals surface area contributed by atoms with Crippen molar-refractivity contribution in [3.05, 3.63) is 72.2 Å². The third-order valence-electron chi connectivity index (χ3n) is 3.02. The second-order valence-corrected chi connectivity index (χ2v) is 4.55. The van der Waals surface area contributed by atoms with Gasteiger partial charge in [0.2, 0.25) is 0 Å². The topological polar surface area (TPSA) is 72.7 Å². The lowest BCUT2D eigenvalue weighted by Gasteiger charge is -2.06. The predicted octanol–water partition coefficient (Wildman–Crippen LogP) is 1.73. The minimum atomic E-state index is -0.371. The third kappa shape index (κ3) is 3.14. The summed E-state index contributed by atoms with van der Waals surface area (Å²) < 4.78 is 14.3. The van der Waals surface area contributed by atoms with E-state index < -0.39 is 0 Å². The average molecular weight is 297 g/mol. The van der Waals surface area contributed by atoms with E-state index in [2.05, 4.69) is 20.4 Å². The van der Waals surface area contributed by atoms with Gasteiger partial charge in [-0.05, 0) is 35.9 Å². The maximum absolute atomic E-state index is 12.8. The maximum Gasteiger partial charge on any atom is 0.251 e. The number of hydrogen-bond acceptors (Lipinski definition) is 4. The molecule has 0 spiro atoms. The molecule has 2 heterocycles. The summed E-state index contributed by atoms with van der Waals surface area (Å²) in [6, 6.07) is 9.02. The zero-order valence-corrected chi connectivity index (χ0v) is 11.5. The standard InChI is InChI=1S/C15H12FN5O/c16-13-4-2-12(3-5-13)15(22)19-8-11-1-6-14(18-7-11)21-10-17-9-20-21/h1-7,9-10H,8H2,(H,19,22). The summed E-state index contributed by atoms with van der Waals surface area (Å²) in [5.74, 6) is 0.0101. The Bertz CT molecular complexity index is 754. The van der Waals surface area contributed by atoms with Crippen LogP contribution in [0.15, 0.2) is 55.2 Å². The van der Waals surface area contributed by atoms with Crippen molar-refractivity contribution >= 4 is 5.91 Å². The molecule has 0 atom stereocenters. The smallest absolute Gasteiger partial charge is 0.251 e. The van der Waals surface area contributed by atoms with E-state index in [1.54, 1.807) is 23.3 Å². The van der Waals surface area contributed by atoms with Gasteiger partial charge in [-0.1, -0.05) is 6.07 Å². The second-order valence-electron chi connectivity index (χ2n) is 4.55. The Morgan fingerprint density at radius 3 is 2.64 bits per heavy atom. The van der Waals surface area contributed by atoms with Crippen LogP contribution >= 0.6 is 0 Å². The van der Waals surface area contributed by atoms with Gasteiger partial charge in [0.15, 0.2) is 5.82 Å². The van der Waals surface area contributed by atoms with E-state index in [-0.39, 0.29) is 11.7 Å². The average Bonchev–Trinajstić information content (AvgIpc) is 3.08. The first-order valence-electron chi connectivity index (χ1n) is 6.56. The molecular formula is C15H12FN5O. The summed E-state index contributed by atoms with van der Waals surface area (Å²) in [5.41, 5.74) is 1.26. The number of hydrogen-bond donors (Lipinski definition) is 1. The lowest BCUT2D eigenvalue weighted by atomic mass is 10.2. The van der Waals surface area contributed by atoms with Gasteiger partial charge in [0.05, 0.1) is 0 Å². The predicted molar refractivity (Wildman–Crippen MR) is 76.7 cm³/mol. The molecule has 6 nitrogen and oxygen atoms in total. The highest BCUT2D eigenvalue weighted by molar-refractivity contribution is 5.94. The van der Waals surface area contributed by atoms with Gasteiger partial charge in [-0.15, -0.1) is 0 Å². The van der Waals surface area contributed by atoms with Crippen LogP contribution in [0.1, 0.15) is 15.9 Å². The van der Waals surface area contributed by atoms with Crippen molar-refractivity contribution in [2.75, 3.05) is 0 Å². The van der Waals surface area contributed by atoms with Crippen LogP contribution < -0.4 is 5.32 Å². The molecule has 1 aromatic carbocycles. The number of amides is 1. The minimum Gasteiger partial charge on any atom is -0.348 e. The molecule has 0 aliphatic carbocycles. The first-order valence-corrected chi connectivity index (χ1v) is 6.56. The molecule has 3 rings (SSSR count). The Morgan fingerprint density at radius 1 is 1.18 bits per heavy atom. The van der Waals surface area contributed by atoms with Gasteiger partial charge in [-0.3, -0.25) is 4.79 Å². The molecule has 1 N–H and O–H groups in total. The molecular weight excluding hydrogens is 285 g/mol. The lowest BCUT2D eigenvalue weighted by molar-refractivity contribution is 0.0951. The SMILES string of the molecule is O=C(NCc1ccc(-n2cncn2)nc1)c1ccc(F)cc1. The van der Waals surface area contributed by atoms with Crippen LogP contribution in [0.3, 0.4) is 0 Å². The Morgan fingerprint density at radius 2 is 2.00 bits per heavy atom.